The van der Waals surface area contributed by atoms with Crippen LogP contribution >= 0.6 is 23.2 Å². The minimum atomic E-state index is -4.34. The third-order valence-electron chi connectivity index (χ3n) is 3.11. The number of hydrogen-bond acceptors (Lipinski definition) is 5. The molecule has 0 saturated heterocycles. The van der Waals surface area contributed by atoms with Crippen molar-refractivity contribution in [2.75, 3.05) is 10.5 Å². The van der Waals surface area contributed by atoms with Crippen LogP contribution in [0.4, 0.5) is 11.5 Å². The van der Waals surface area contributed by atoms with Gasteiger partial charge in [0, 0.05) is 14.1 Å². The molecular formula is C12H12Cl2N4O4S. The van der Waals surface area contributed by atoms with Gasteiger partial charge in [-0.3, -0.25) is 18.7 Å². The molecule has 3 N–H and O–H groups in total. The summed E-state index contributed by atoms with van der Waals surface area (Å²) >= 11 is 11.6. The van der Waals surface area contributed by atoms with Crippen LogP contribution in [0.3, 0.4) is 0 Å². The smallest absolute Gasteiger partial charge is 0.332 e. The second kappa shape index (κ2) is 5.91. The van der Waals surface area contributed by atoms with E-state index >= 15 is 0 Å². The van der Waals surface area contributed by atoms with Gasteiger partial charge in [0.25, 0.3) is 15.6 Å². The van der Waals surface area contributed by atoms with Crippen LogP contribution in [-0.2, 0) is 24.1 Å². The average molecular weight is 379 g/mol. The molecule has 1 heterocycles. The molecule has 0 atom stereocenters. The Hall–Kier alpha value is -1.97. The molecule has 124 valence electrons. The largest absolute Gasteiger partial charge is 0.384 e. The Bertz CT molecular complexity index is 1010. The molecule has 0 fully saturated rings. The van der Waals surface area contributed by atoms with E-state index in [1.165, 1.54) is 25.2 Å². The van der Waals surface area contributed by atoms with Crippen molar-refractivity contribution in [2.45, 2.75) is 4.90 Å². The Balaban J connectivity index is 2.63. The van der Waals surface area contributed by atoms with Crippen LogP contribution in [0.5, 0.6) is 0 Å². The molecule has 0 saturated carbocycles. The topological polar surface area (TPSA) is 116 Å². The number of aromatic nitrogens is 2. The summed E-state index contributed by atoms with van der Waals surface area (Å²) in [6.45, 7) is 0. The number of anilines is 2. The highest BCUT2D eigenvalue weighted by Gasteiger charge is 2.26. The molecule has 0 aliphatic carbocycles. The first-order valence-electron chi connectivity index (χ1n) is 6.09. The Morgan fingerprint density at radius 1 is 1.09 bits per heavy atom. The molecule has 0 spiro atoms. The Morgan fingerprint density at radius 3 is 2.26 bits per heavy atom. The molecule has 2 rings (SSSR count). The summed E-state index contributed by atoms with van der Waals surface area (Å²) in [4.78, 5) is 23.1. The lowest BCUT2D eigenvalue weighted by atomic mass is 10.3. The van der Waals surface area contributed by atoms with Gasteiger partial charge < -0.3 is 5.73 Å². The van der Waals surface area contributed by atoms with Crippen LogP contribution in [0, 0.1) is 0 Å². The van der Waals surface area contributed by atoms with Crippen LogP contribution in [0.1, 0.15) is 0 Å². The van der Waals surface area contributed by atoms with Crippen molar-refractivity contribution < 1.29 is 8.42 Å². The Labute approximate surface area is 141 Å². The second-order valence-corrected chi connectivity index (χ2v) is 7.09. The van der Waals surface area contributed by atoms with Crippen molar-refractivity contribution >= 4 is 44.7 Å². The molecule has 11 heteroatoms. The van der Waals surface area contributed by atoms with E-state index in [2.05, 4.69) is 4.72 Å². The Kier molecular flexibility index (Phi) is 4.47. The lowest BCUT2D eigenvalue weighted by Gasteiger charge is -2.13. The quantitative estimate of drug-likeness (QED) is 0.817. The molecule has 0 amide bonds. The fourth-order valence-corrected chi connectivity index (χ4v) is 3.46. The zero-order valence-corrected chi connectivity index (χ0v) is 14.3. The predicted molar refractivity (Wildman–Crippen MR) is 88.6 cm³/mol. The molecule has 8 nitrogen and oxygen atoms in total. The molecule has 1 aromatic heterocycles. The lowest BCUT2D eigenvalue weighted by molar-refractivity contribution is 0.591. The standard InChI is InChI=1S/C12H12Cl2N4O4S/c1-17-10(15)9(11(19)18(2)12(17)20)23(21,22)16-6-3-4-7(13)8(14)5-6/h3-5,16H,15H2,1-2H3. The highest BCUT2D eigenvalue weighted by Crippen LogP contribution is 2.26. The highest BCUT2D eigenvalue weighted by atomic mass is 35.5. The molecular weight excluding hydrogens is 367 g/mol. The SMILES string of the molecule is Cn1c(N)c(S(=O)(=O)Nc2ccc(Cl)c(Cl)c2)c(=O)n(C)c1=O. The van der Waals surface area contributed by atoms with Gasteiger partial charge >= 0.3 is 5.69 Å². The first-order chi connectivity index (χ1) is 10.6. The number of nitrogen functional groups attached to an aromatic ring is 1. The third-order valence-corrected chi connectivity index (χ3v) is 5.27. The van der Waals surface area contributed by atoms with Crippen molar-refractivity contribution in [2.24, 2.45) is 14.1 Å². The molecule has 23 heavy (non-hydrogen) atoms. The van der Waals surface area contributed by atoms with Gasteiger partial charge in [0.05, 0.1) is 15.7 Å². The molecule has 0 unspecified atom stereocenters. The van der Waals surface area contributed by atoms with Gasteiger partial charge in [-0.1, -0.05) is 23.2 Å². The number of nitrogens with two attached hydrogens (primary N) is 1. The van der Waals surface area contributed by atoms with Gasteiger partial charge in [0.15, 0.2) is 4.90 Å². The van der Waals surface area contributed by atoms with E-state index in [0.717, 1.165) is 11.6 Å². The maximum Gasteiger partial charge on any atom is 0.332 e. The maximum atomic E-state index is 12.5. The van der Waals surface area contributed by atoms with Gasteiger partial charge in [-0.25, -0.2) is 13.2 Å². The number of sulfonamides is 1. The van der Waals surface area contributed by atoms with Gasteiger partial charge in [0.1, 0.15) is 5.82 Å². The zero-order chi connectivity index (χ0) is 17.5. The summed E-state index contributed by atoms with van der Waals surface area (Å²) in [5, 5.41) is 0.375. The molecule has 0 radical (unpaired) electrons. The van der Waals surface area contributed by atoms with Gasteiger partial charge in [-0.15, -0.1) is 0 Å². The van der Waals surface area contributed by atoms with E-state index in [1.54, 1.807) is 0 Å². The van der Waals surface area contributed by atoms with Crippen LogP contribution in [0.2, 0.25) is 10.0 Å². The highest BCUT2D eigenvalue weighted by molar-refractivity contribution is 7.92. The molecule has 0 bridgehead atoms. The summed E-state index contributed by atoms with van der Waals surface area (Å²) in [6, 6.07) is 4.04. The van der Waals surface area contributed by atoms with Crippen LogP contribution in [0.15, 0.2) is 32.7 Å². The zero-order valence-electron chi connectivity index (χ0n) is 12.0. The van der Waals surface area contributed by atoms with E-state index in [-0.39, 0.29) is 15.7 Å². The summed E-state index contributed by atoms with van der Waals surface area (Å²) in [5.41, 5.74) is 3.96. The van der Waals surface area contributed by atoms with E-state index in [0.29, 0.717) is 4.57 Å². The summed E-state index contributed by atoms with van der Waals surface area (Å²) in [5.74, 6) is -0.467. The molecule has 0 aliphatic rings. The molecule has 0 aliphatic heterocycles. The van der Waals surface area contributed by atoms with Crippen molar-refractivity contribution in [1.29, 1.82) is 0 Å². The van der Waals surface area contributed by atoms with Crippen molar-refractivity contribution in [1.82, 2.24) is 9.13 Å². The number of nitrogens with one attached hydrogen (secondary N) is 1. The first-order valence-corrected chi connectivity index (χ1v) is 8.33. The first kappa shape index (κ1) is 17.4. The minimum Gasteiger partial charge on any atom is -0.384 e. The maximum absolute atomic E-state index is 12.5. The van der Waals surface area contributed by atoms with Crippen molar-refractivity contribution in [3.05, 3.63) is 49.1 Å². The van der Waals surface area contributed by atoms with E-state index in [9.17, 15) is 18.0 Å². The van der Waals surface area contributed by atoms with Gasteiger partial charge in [0.2, 0.25) is 0 Å². The summed E-state index contributed by atoms with van der Waals surface area (Å²) in [7, 11) is -1.92. The normalized spacial score (nSPS) is 11.5. The van der Waals surface area contributed by atoms with Gasteiger partial charge in [-0.05, 0) is 18.2 Å². The van der Waals surface area contributed by atoms with E-state index in [4.69, 9.17) is 28.9 Å². The van der Waals surface area contributed by atoms with E-state index < -0.39 is 32.0 Å². The number of halogens is 2. The lowest BCUT2D eigenvalue weighted by Crippen LogP contribution is -2.42. The van der Waals surface area contributed by atoms with Crippen LogP contribution in [-0.4, -0.2) is 17.6 Å². The predicted octanol–water partition coefficient (Wildman–Crippen LogP) is 0.774. The summed E-state index contributed by atoms with van der Waals surface area (Å²) in [6.07, 6.45) is 0. The van der Waals surface area contributed by atoms with Crippen LogP contribution in [0.25, 0.3) is 0 Å². The van der Waals surface area contributed by atoms with Crippen molar-refractivity contribution in [3.8, 4) is 0 Å². The molecule has 1 aromatic carbocycles. The fraction of sp³-hybridized carbons (Fsp3) is 0.167. The number of benzene rings is 1. The van der Waals surface area contributed by atoms with E-state index in [1.807, 2.05) is 0 Å². The third kappa shape index (κ3) is 3.07. The van der Waals surface area contributed by atoms with Crippen LogP contribution < -0.4 is 21.7 Å². The molecule has 2 aromatic rings. The number of nitrogens with zero attached hydrogens (tertiary/aromatic N) is 2. The monoisotopic (exact) mass is 378 g/mol. The fourth-order valence-electron chi connectivity index (χ4n) is 1.85. The van der Waals surface area contributed by atoms with Crippen molar-refractivity contribution in [3.63, 3.8) is 0 Å². The minimum absolute atomic E-state index is 0.0923. The number of rotatable bonds is 3. The van der Waals surface area contributed by atoms with Gasteiger partial charge in [-0.2, -0.15) is 0 Å². The number of hydrogen-bond donors (Lipinski definition) is 2. The summed E-state index contributed by atoms with van der Waals surface area (Å²) < 4.78 is 28.6. The Morgan fingerprint density at radius 2 is 1.70 bits per heavy atom. The second-order valence-electron chi connectivity index (χ2n) is 4.65. The average Bonchev–Trinajstić information content (AvgIpc) is 2.46.